The van der Waals surface area contributed by atoms with E-state index in [1.165, 1.54) is 0 Å². The Balaban J connectivity index is 1.94. The fraction of sp³-hybridized carbons (Fsp3) is 0.286. The number of benzene rings is 1. The molecule has 5 nitrogen and oxygen atoms in total. The Hall–Kier alpha value is -2.01. The van der Waals surface area contributed by atoms with Gasteiger partial charge in [-0.15, -0.1) is 11.6 Å². The molecule has 6 heteroatoms. The molecule has 0 N–H and O–H groups in total. The van der Waals surface area contributed by atoms with Crippen molar-refractivity contribution in [3.05, 3.63) is 36.4 Å². The molecule has 0 radical (unpaired) electrons. The Morgan fingerprint density at radius 3 is 2.80 bits per heavy atom. The number of alkyl halides is 1. The first-order valence-corrected chi connectivity index (χ1v) is 6.90. The van der Waals surface area contributed by atoms with Crippen LogP contribution < -0.4 is 0 Å². The lowest BCUT2D eigenvalue weighted by atomic mass is 10.2. The second kappa shape index (κ2) is 5.54. The van der Waals surface area contributed by atoms with Crippen molar-refractivity contribution >= 4 is 22.6 Å². The van der Waals surface area contributed by atoms with E-state index in [4.69, 9.17) is 16.1 Å². The lowest BCUT2D eigenvalue weighted by Gasteiger charge is -2.00. The quantitative estimate of drug-likeness (QED) is 0.684. The number of hydrogen-bond donors (Lipinski definition) is 0. The van der Waals surface area contributed by atoms with Gasteiger partial charge in [0.1, 0.15) is 0 Å². The van der Waals surface area contributed by atoms with Gasteiger partial charge in [0.2, 0.25) is 0 Å². The van der Waals surface area contributed by atoms with Crippen molar-refractivity contribution in [2.45, 2.75) is 25.1 Å². The highest BCUT2D eigenvalue weighted by molar-refractivity contribution is 6.20. The van der Waals surface area contributed by atoms with E-state index in [0.29, 0.717) is 11.7 Å². The Morgan fingerprint density at radius 2 is 2.00 bits per heavy atom. The molecular weight excluding hydrogens is 276 g/mol. The first kappa shape index (κ1) is 13.0. The van der Waals surface area contributed by atoms with E-state index in [2.05, 4.69) is 27.0 Å². The summed E-state index contributed by atoms with van der Waals surface area (Å²) in [6.07, 6.45) is 5.12. The zero-order chi connectivity index (χ0) is 13.9. The topological polar surface area (TPSA) is 64.7 Å². The second-order valence-corrected chi connectivity index (χ2v) is 5.00. The number of halogens is 1. The smallest absolute Gasteiger partial charge is 0.258 e. The van der Waals surface area contributed by atoms with E-state index >= 15 is 0 Å². The van der Waals surface area contributed by atoms with E-state index in [-0.39, 0.29) is 5.38 Å². The molecule has 102 valence electrons. The normalized spacial score (nSPS) is 12.7. The summed E-state index contributed by atoms with van der Waals surface area (Å²) in [5.74, 6) is 0.983. The lowest BCUT2D eigenvalue weighted by Crippen LogP contribution is -1.92. The summed E-state index contributed by atoms with van der Waals surface area (Å²) in [5, 5.41) is 3.73. The highest BCUT2D eigenvalue weighted by Crippen LogP contribution is 2.26. The number of rotatable bonds is 4. The van der Waals surface area contributed by atoms with Gasteiger partial charge in [-0.3, -0.25) is 9.97 Å². The molecule has 2 heterocycles. The van der Waals surface area contributed by atoms with Crippen molar-refractivity contribution < 1.29 is 4.52 Å². The molecule has 3 aromatic rings. The molecular formula is C14H13ClN4O. The van der Waals surface area contributed by atoms with Crippen LogP contribution in [0.2, 0.25) is 0 Å². The molecule has 0 bridgehead atoms. The third-order valence-electron chi connectivity index (χ3n) is 2.98. The molecule has 0 amide bonds. The average Bonchev–Trinajstić information content (AvgIpc) is 2.97. The summed E-state index contributed by atoms with van der Waals surface area (Å²) in [6.45, 7) is 2.07. The first-order chi connectivity index (χ1) is 9.78. The fourth-order valence-electron chi connectivity index (χ4n) is 1.96. The molecule has 0 fully saturated rings. The SMILES string of the molecule is CCCC(Cl)c1noc(-c2ccc3nccnc3c2)n1. The van der Waals surface area contributed by atoms with Gasteiger partial charge in [0.15, 0.2) is 5.82 Å². The average molecular weight is 289 g/mol. The predicted molar refractivity (Wildman–Crippen MR) is 76.3 cm³/mol. The van der Waals surface area contributed by atoms with Crippen LogP contribution in [0.4, 0.5) is 0 Å². The van der Waals surface area contributed by atoms with Crippen LogP contribution >= 0.6 is 11.6 Å². The van der Waals surface area contributed by atoms with E-state index in [1.54, 1.807) is 12.4 Å². The molecule has 1 aromatic carbocycles. The fourth-order valence-corrected chi connectivity index (χ4v) is 2.27. The van der Waals surface area contributed by atoms with Crippen LogP contribution in [0.25, 0.3) is 22.5 Å². The number of fused-ring (bicyclic) bond motifs is 1. The minimum absolute atomic E-state index is 0.210. The van der Waals surface area contributed by atoms with Crippen LogP contribution in [0.15, 0.2) is 35.1 Å². The van der Waals surface area contributed by atoms with Gasteiger partial charge < -0.3 is 4.52 Å². The van der Waals surface area contributed by atoms with Crippen LogP contribution in [-0.4, -0.2) is 20.1 Å². The van der Waals surface area contributed by atoms with Gasteiger partial charge in [-0.05, 0) is 24.6 Å². The van der Waals surface area contributed by atoms with Crippen molar-refractivity contribution in [3.8, 4) is 11.5 Å². The number of nitrogens with zero attached hydrogens (tertiary/aromatic N) is 4. The van der Waals surface area contributed by atoms with E-state index < -0.39 is 0 Å². The maximum atomic E-state index is 6.19. The summed E-state index contributed by atoms with van der Waals surface area (Å²) < 4.78 is 5.27. The van der Waals surface area contributed by atoms with Gasteiger partial charge >= 0.3 is 0 Å². The molecule has 20 heavy (non-hydrogen) atoms. The Bertz CT molecular complexity index is 728. The van der Waals surface area contributed by atoms with Gasteiger partial charge in [0.05, 0.1) is 16.4 Å². The molecule has 1 unspecified atom stereocenters. The summed E-state index contributed by atoms with van der Waals surface area (Å²) in [6, 6.07) is 5.64. The third kappa shape index (κ3) is 2.49. The minimum atomic E-state index is -0.210. The zero-order valence-corrected chi connectivity index (χ0v) is 11.7. The highest BCUT2D eigenvalue weighted by Gasteiger charge is 2.16. The van der Waals surface area contributed by atoms with Crippen LogP contribution in [-0.2, 0) is 0 Å². The predicted octanol–water partition coefficient (Wildman–Crippen LogP) is 3.76. The van der Waals surface area contributed by atoms with Gasteiger partial charge in [-0.1, -0.05) is 18.5 Å². The standard InChI is InChI=1S/C14H13ClN4O/c1-2-3-10(15)13-18-14(20-19-13)9-4-5-11-12(8-9)17-7-6-16-11/h4-8,10H,2-3H2,1H3. The summed E-state index contributed by atoms with van der Waals surface area (Å²) in [5.41, 5.74) is 2.44. The third-order valence-corrected chi connectivity index (χ3v) is 3.39. The molecule has 3 rings (SSSR count). The maximum absolute atomic E-state index is 6.19. The van der Waals surface area contributed by atoms with Crippen LogP contribution in [0.5, 0.6) is 0 Å². The minimum Gasteiger partial charge on any atom is -0.334 e. The molecule has 0 saturated carbocycles. The maximum Gasteiger partial charge on any atom is 0.258 e. The van der Waals surface area contributed by atoms with Gasteiger partial charge in [0, 0.05) is 18.0 Å². The van der Waals surface area contributed by atoms with Crippen LogP contribution in [0.1, 0.15) is 31.0 Å². The Kier molecular flexibility index (Phi) is 3.60. The molecule has 0 aliphatic carbocycles. The second-order valence-electron chi connectivity index (χ2n) is 4.47. The van der Waals surface area contributed by atoms with E-state index in [1.807, 2.05) is 18.2 Å². The van der Waals surface area contributed by atoms with Crippen molar-refractivity contribution in [1.29, 1.82) is 0 Å². The van der Waals surface area contributed by atoms with Gasteiger partial charge in [0.25, 0.3) is 5.89 Å². The number of hydrogen-bond acceptors (Lipinski definition) is 5. The molecule has 0 aliphatic rings. The first-order valence-electron chi connectivity index (χ1n) is 6.46. The van der Waals surface area contributed by atoms with Crippen LogP contribution in [0.3, 0.4) is 0 Å². The number of aromatic nitrogens is 4. The van der Waals surface area contributed by atoms with Crippen molar-refractivity contribution in [3.63, 3.8) is 0 Å². The summed E-state index contributed by atoms with van der Waals surface area (Å²) in [4.78, 5) is 12.8. The van der Waals surface area contributed by atoms with Crippen molar-refractivity contribution in [2.75, 3.05) is 0 Å². The summed E-state index contributed by atoms with van der Waals surface area (Å²) in [7, 11) is 0. The molecule has 0 saturated heterocycles. The molecule has 0 spiro atoms. The van der Waals surface area contributed by atoms with Crippen molar-refractivity contribution in [1.82, 2.24) is 20.1 Å². The Morgan fingerprint density at radius 1 is 1.20 bits per heavy atom. The lowest BCUT2D eigenvalue weighted by molar-refractivity contribution is 0.420. The zero-order valence-electron chi connectivity index (χ0n) is 11.0. The van der Waals surface area contributed by atoms with Gasteiger partial charge in [-0.25, -0.2) is 0 Å². The van der Waals surface area contributed by atoms with Crippen molar-refractivity contribution in [2.24, 2.45) is 0 Å². The molecule has 0 aliphatic heterocycles. The summed E-state index contributed by atoms with van der Waals surface area (Å²) >= 11 is 6.19. The molecule has 2 aromatic heterocycles. The van der Waals surface area contributed by atoms with E-state index in [9.17, 15) is 0 Å². The highest BCUT2D eigenvalue weighted by atomic mass is 35.5. The largest absolute Gasteiger partial charge is 0.334 e. The monoisotopic (exact) mass is 288 g/mol. The van der Waals surface area contributed by atoms with Gasteiger partial charge in [-0.2, -0.15) is 4.98 Å². The van der Waals surface area contributed by atoms with Crippen LogP contribution in [0, 0.1) is 0 Å². The van der Waals surface area contributed by atoms with E-state index in [0.717, 1.165) is 29.4 Å². The molecule has 1 atom stereocenters. The Labute approximate surface area is 121 Å².